The molecule has 0 aliphatic heterocycles. The molecule has 5 nitrogen and oxygen atoms in total. The Morgan fingerprint density at radius 1 is 1.38 bits per heavy atom. The highest BCUT2D eigenvalue weighted by Crippen LogP contribution is 2.20. The van der Waals surface area contributed by atoms with Gasteiger partial charge in [0, 0.05) is 29.2 Å². The van der Waals surface area contributed by atoms with Crippen molar-refractivity contribution in [1.29, 1.82) is 0 Å². The Balaban J connectivity index is 2.08. The molecule has 1 heterocycles. The lowest BCUT2D eigenvalue weighted by molar-refractivity contribution is 0.165. The van der Waals surface area contributed by atoms with E-state index in [2.05, 4.69) is 44.8 Å². The van der Waals surface area contributed by atoms with Crippen LogP contribution in [-0.4, -0.2) is 39.3 Å². The molecule has 0 fully saturated rings. The van der Waals surface area contributed by atoms with Gasteiger partial charge in [0.15, 0.2) is 0 Å². The zero-order valence-electron chi connectivity index (χ0n) is 12.3. The first-order chi connectivity index (χ1) is 10.1. The summed E-state index contributed by atoms with van der Waals surface area (Å²) in [4.78, 5) is 6.65. The van der Waals surface area contributed by atoms with Crippen molar-refractivity contribution in [2.75, 3.05) is 13.2 Å². The molecule has 2 rings (SSSR count). The molecule has 1 N–H and O–H groups in total. The summed E-state index contributed by atoms with van der Waals surface area (Å²) in [6.07, 6.45) is 0.741. The Labute approximate surface area is 133 Å². The van der Waals surface area contributed by atoms with Crippen molar-refractivity contribution >= 4 is 15.9 Å². The summed E-state index contributed by atoms with van der Waals surface area (Å²) in [6.45, 7) is 5.82. The van der Waals surface area contributed by atoms with E-state index in [0.717, 1.165) is 23.0 Å². The van der Waals surface area contributed by atoms with E-state index < -0.39 is 0 Å². The number of rotatable bonds is 7. The van der Waals surface area contributed by atoms with Crippen LogP contribution >= 0.6 is 15.9 Å². The lowest BCUT2D eigenvalue weighted by atomic mass is 10.2. The van der Waals surface area contributed by atoms with E-state index in [4.69, 9.17) is 9.63 Å². The molecule has 0 radical (unpaired) electrons. The summed E-state index contributed by atoms with van der Waals surface area (Å²) in [7, 11) is 0. The molecule has 0 amide bonds. The van der Waals surface area contributed by atoms with Crippen molar-refractivity contribution < 1.29 is 9.63 Å². The molecule has 0 spiro atoms. The summed E-state index contributed by atoms with van der Waals surface area (Å²) in [5.41, 5.74) is 0.922. The molecule has 21 heavy (non-hydrogen) atoms. The first kappa shape index (κ1) is 16.1. The van der Waals surface area contributed by atoms with Crippen LogP contribution in [0.4, 0.5) is 0 Å². The van der Waals surface area contributed by atoms with Gasteiger partial charge in [-0.15, -0.1) is 0 Å². The van der Waals surface area contributed by atoms with Crippen molar-refractivity contribution in [1.82, 2.24) is 15.0 Å². The van der Waals surface area contributed by atoms with Crippen LogP contribution in [0.5, 0.6) is 0 Å². The Bertz CT molecular complexity index is 572. The van der Waals surface area contributed by atoms with Crippen LogP contribution in [0.3, 0.4) is 0 Å². The smallest absolute Gasteiger partial charge is 0.241 e. The maximum absolute atomic E-state index is 8.96. The van der Waals surface area contributed by atoms with E-state index in [0.29, 0.717) is 24.3 Å². The Morgan fingerprint density at radius 2 is 2.19 bits per heavy atom. The first-order valence-electron chi connectivity index (χ1n) is 7.03. The second-order valence-electron chi connectivity index (χ2n) is 5.16. The maximum atomic E-state index is 8.96. The van der Waals surface area contributed by atoms with E-state index in [9.17, 15) is 0 Å². The van der Waals surface area contributed by atoms with Crippen LogP contribution < -0.4 is 0 Å². The van der Waals surface area contributed by atoms with Gasteiger partial charge in [-0.2, -0.15) is 4.98 Å². The molecule has 0 atom stereocenters. The average molecular weight is 354 g/mol. The monoisotopic (exact) mass is 353 g/mol. The van der Waals surface area contributed by atoms with Crippen molar-refractivity contribution in [2.24, 2.45) is 0 Å². The van der Waals surface area contributed by atoms with Gasteiger partial charge in [-0.3, -0.25) is 4.90 Å². The van der Waals surface area contributed by atoms with Crippen LogP contribution in [0.2, 0.25) is 0 Å². The van der Waals surface area contributed by atoms with Gasteiger partial charge in [-0.25, -0.2) is 0 Å². The van der Waals surface area contributed by atoms with E-state index in [-0.39, 0.29) is 6.61 Å². The normalized spacial score (nSPS) is 11.5. The molecule has 0 saturated carbocycles. The van der Waals surface area contributed by atoms with Gasteiger partial charge in [-0.1, -0.05) is 33.2 Å². The van der Waals surface area contributed by atoms with Gasteiger partial charge in [0.1, 0.15) is 0 Å². The van der Waals surface area contributed by atoms with Crippen LogP contribution in [0, 0.1) is 0 Å². The molecule has 1 aromatic carbocycles. The zero-order chi connectivity index (χ0) is 15.2. The number of aliphatic hydroxyl groups is 1. The van der Waals surface area contributed by atoms with Gasteiger partial charge in [0.25, 0.3) is 0 Å². The summed E-state index contributed by atoms with van der Waals surface area (Å²) in [5, 5.41) is 13.0. The summed E-state index contributed by atoms with van der Waals surface area (Å²) < 4.78 is 6.32. The number of aliphatic hydroxyl groups excluding tert-OH is 1. The van der Waals surface area contributed by atoms with Gasteiger partial charge >= 0.3 is 0 Å². The number of hydrogen-bond acceptors (Lipinski definition) is 5. The number of nitrogens with zero attached hydrogens (tertiary/aromatic N) is 3. The maximum Gasteiger partial charge on any atom is 0.241 e. The van der Waals surface area contributed by atoms with Crippen LogP contribution in [-0.2, 0) is 6.54 Å². The molecular formula is C15H20BrN3O2. The second-order valence-corrected chi connectivity index (χ2v) is 6.08. The second kappa shape index (κ2) is 7.68. The zero-order valence-corrected chi connectivity index (χ0v) is 13.9. The van der Waals surface area contributed by atoms with E-state index in [1.54, 1.807) is 0 Å². The summed E-state index contributed by atoms with van der Waals surface area (Å²) in [5.74, 6) is 1.19. The molecule has 6 heteroatoms. The van der Waals surface area contributed by atoms with Crippen LogP contribution in [0.25, 0.3) is 11.4 Å². The van der Waals surface area contributed by atoms with Crippen molar-refractivity contribution in [2.45, 2.75) is 32.9 Å². The molecule has 0 aliphatic carbocycles. The largest absolute Gasteiger partial charge is 0.396 e. The Kier molecular flexibility index (Phi) is 5.90. The predicted molar refractivity (Wildman–Crippen MR) is 84.7 cm³/mol. The predicted octanol–water partition coefficient (Wildman–Crippen LogP) is 3.09. The number of benzene rings is 1. The highest BCUT2D eigenvalue weighted by atomic mass is 79.9. The molecule has 0 bridgehead atoms. The van der Waals surface area contributed by atoms with Gasteiger partial charge < -0.3 is 9.63 Å². The van der Waals surface area contributed by atoms with E-state index in [1.807, 2.05) is 24.3 Å². The standard InChI is InChI=1S/C15H20BrN3O2/c1-11(2)19(7-4-8-20)10-14-17-15(18-21-14)12-5-3-6-13(16)9-12/h3,5-6,9,11,20H,4,7-8,10H2,1-2H3. The molecule has 2 aromatic rings. The molecule has 0 saturated heterocycles. The highest BCUT2D eigenvalue weighted by molar-refractivity contribution is 9.10. The lowest BCUT2D eigenvalue weighted by Crippen LogP contribution is -2.31. The number of halogens is 1. The topological polar surface area (TPSA) is 62.4 Å². The fourth-order valence-electron chi connectivity index (χ4n) is 2.03. The quantitative estimate of drug-likeness (QED) is 0.828. The van der Waals surface area contributed by atoms with Crippen molar-refractivity contribution in [3.8, 4) is 11.4 Å². The molecule has 0 aliphatic rings. The third kappa shape index (κ3) is 4.62. The first-order valence-corrected chi connectivity index (χ1v) is 7.83. The summed E-state index contributed by atoms with van der Waals surface area (Å²) >= 11 is 3.44. The average Bonchev–Trinajstić information content (AvgIpc) is 2.91. The van der Waals surface area contributed by atoms with Crippen molar-refractivity contribution in [3.05, 3.63) is 34.6 Å². The third-order valence-corrected chi connectivity index (χ3v) is 3.72. The lowest BCUT2D eigenvalue weighted by Gasteiger charge is -2.24. The van der Waals surface area contributed by atoms with Crippen LogP contribution in [0.1, 0.15) is 26.2 Å². The van der Waals surface area contributed by atoms with Crippen LogP contribution in [0.15, 0.2) is 33.3 Å². The highest BCUT2D eigenvalue weighted by Gasteiger charge is 2.15. The van der Waals surface area contributed by atoms with E-state index >= 15 is 0 Å². The number of aromatic nitrogens is 2. The fraction of sp³-hybridized carbons (Fsp3) is 0.467. The minimum Gasteiger partial charge on any atom is -0.396 e. The third-order valence-electron chi connectivity index (χ3n) is 3.22. The van der Waals surface area contributed by atoms with Gasteiger partial charge in [0.2, 0.25) is 11.7 Å². The molecular weight excluding hydrogens is 334 g/mol. The van der Waals surface area contributed by atoms with Crippen molar-refractivity contribution in [3.63, 3.8) is 0 Å². The van der Waals surface area contributed by atoms with Gasteiger partial charge in [-0.05, 0) is 32.4 Å². The molecule has 1 aromatic heterocycles. The SMILES string of the molecule is CC(C)N(CCCO)Cc1nc(-c2cccc(Br)c2)no1. The minimum absolute atomic E-state index is 0.191. The minimum atomic E-state index is 0.191. The van der Waals surface area contributed by atoms with Gasteiger partial charge in [0.05, 0.1) is 6.54 Å². The molecule has 0 unspecified atom stereocenters. The Morgan fingerprint density at radius 3 is 2.86 bits per heavy atom. The fourth-order valence-corrected chi connectivity index (χ4v) is 2.43. The summed E-state index contributed by atoms with van der Waals surface area (Å²) in [6, 6.07) is 8.17. The van der Waals surface area contributed by atoms with E-state index in [1.165, 1.54) is 0 Å². The Hall–Kier alpha value is -1.24. The molecule has 114 valence electrons. The number of hydrogen-bond donors (Lipinski definition) is 1.